The van der Waals surface area contributed by atoms with Crippen LogP contribution in [0, 0.1) is 17.2 Å². The molecule has 0 radical (unpaired) electrons. The molecule has 0 aromatic heterocycles. The lowest BCUT2D eigenvalue weighted by molar-refractivity contribution is -0.138. The van der Waals surface area contributed by atoms with Crippen LogP contribution in [0.5, 0.6) is 0 Å². The zero-order valence-corrected chi connectivity index (χ0v) is 10.9. The Kier molecular flexibility index (Phi) is 6.85. The van der Waals surface area contributed by atoms with Gasteiger partial charge in [0, 0.05) is 19.4 Å². The number of amides is 1. The first-order chi connectivity index (χ1) is 8.23. The van der Waals surface area contributed by atoms with Crippen molar-refractivity contribution in [2.45, 2.75) is 33.6 Å². The molecule has 0 aliphatic rings. The number of ketones is 1. The van der Waals surface area contributed by atoms with Gasteiger partial charge in [0.25, 0.3) is 5.91 Å². The smallest absolute Gasteiger partial charge is 0.349 e. The van der Waals surface area contributed by atoms with E-state index in [1.54, 1.807) is 6.92 Å². The van der Waals surface area contributed by atoms with Gasteiger partial charge in [-0.15, -0.1) is 0 Å². The average molecular weight is 256 g/mol. The summed E-state index contributed by atoms with van der Waals surface area (Å²) in [6.45, 7) is 5.60. The number of carbonyl (C=O) groups is 3. The molecule has 0 saturated heterocycles. The van der Waals surface area contributed by atoms with Gasteiger partial charge in [-0.05, 0) is 11.8 Å². The molecule has 0 heterocycles. The normalized spacial score (nSPS) is 12.0. The summed E-state index contributed by atoms with van der Waals surface area (Å²) in [4.78, 5) is 33.2. The second-order valence-electron chi connectivity index (χ2n) is 4.82. The van der Waals surface area contributed by atoms with Crippen molar-refractivity contribution in [3.05, 3.63) is 0 Å². The van der Waals surface area contributed by atoms with Crippen molar-refractivity contribution in [2.75, 3.05) is 6.54 Å². The molecule has 6 nitrogen and oxygen atoms in total. The largest absolute Gasteiger partial charge is 0.477 e. The van der Waals surface area contributed by atoms with Crippen LogP contribution in [0.4, 0.5) is 0 Å². The highest BCUT2D eigenvalue weighted by molar-refractivity contribution is 6.36. The minimum atomic E-state index is -1.26. The summed E-state index contributed by atoms with van der Waals surface area (Å²) >= 11 is 0. The van der Waals surface area contributed by atoms with Gasteiger partial charge in [-0.2, -0.15) is 0 Å². The third-order valence-corrected chi connectivity index (χ3v) is 2.27. The van der Waals surface area contributed by atoms with E-state index in [1.807, 2.05) is 13.8 Å². The summed E-state index contributed by atoms with van der Waals surface area (Å²) < 4.78 is 0. The molecule has 1 atom stereocenters. The molecule has 18 heavy (non-hydrogen) atoms. The predicted molar refractivity (Wildman–Crippen MR) is 66.6 cm³/mol. The minimum absolute atomic E-state index is 0.0635. The first kappa shape index (κ1) is 16.3. The molecular weight excluding hydrogens is 236 g/mol. The van der Waals surface area contributed by atoms with Crippen LogP contribution in [-0.4, -0.2) is 35.0 Å². The molecule has 0 aromatic rings. The van der Waals surface area contributed by atoms with E-state index in [9.17, 15) is 14.4 Å². The quantitative estimate of drug-likeness (QED) is 0.442. The number of aliphatic carboxylic acids is 1. The number of hydrogen-bond acceptors (Lipinski definition) is 4. The second-order valence-corrected chi connectivity index (χ2v) is 4.82. The number of carboxylic acids is 1. The zero-order valence-electron chi connectivity index (χ0n) is 10.9. The number of rotatable bonds is 8. The van der Waals surface area contributed by atoms with Crippen molar-refractivity contribution in [1.82, 2.24) is 5.32 Å². The highest BCUT2D eigenvalue weighted by atomic mass is 16.4. The molecule has 1 amide bonds. The van der Waals surface area contributed by atoms with Gasteiger partial charge >= 0.3 is 5.97 Å². The van der Waals surface area contributed by atoms with E-state index in [1.165, 1.54) is 0 Å². The van der Waals surface area contributed by atoms with Gasteiger partial charge in [0.1, 0.15) is 5.71 Å². The van der Waals surface area contributed by atoms with E-state index in [0.29, 0.717) is 0 Å². The van der Waals surface area contributed by atoms with E-state index < -0.39 is 23.4 Å². The van der Waals surface area contributed by atoms with Crippen molar-refractivity contribution in [1.29, 1.82) is 5.41 Å². The Morgan fingerprint density at radius 1 is 1.17 bits per heavy atom. The van der Waals surface area contributed by atoms with Crippen molar-refractivity contribution in [3.8, 4) is 0 Å². The van der Waals surface area contributed by atoms with Crippen LogP contribution < -0.4 is 5.32 Å². The molecule has 0 rings (SSSR count). The molecule has 0 bridgehead atoms. The zero-order chi connectivity index (χ0) is 14.3. The Morgan fingerprint density at radius 3 is 2.17 bits per heavy atom. The van der Waals surface area contributed by atoms with Crippen LogP contribution in [0.3, 0.4) is 0 Å². The maximum atomic E-state index is 11.4. The lowest BCUT2D eigenvalue weighted by Gasteiger charge is -2.11. The third kappa shape index (κ3) is 6.78. The molecule has 0 aliphatic carbocycles. The van der Waals surface area contributed by atoms with Crippen LogP contribution in [-0.2, 0) is 14.4 Å². The summed E-state index contributed by atoms with van der Waals surface area (Å²) in [7, 11) is 0. The van der Waals surface area contributed by atoms with E-state index in [0.717, 1.165) is 0 Å². The summed E-state index contributed by atoms with van der Waals surface area (Å²) in [6.07, 6.45) is 0.263. The maximum Gasteiger partial charge on any atom is 0.349 e. The monoisotopic (exact) mass is 256 g/mol. The molecule has 0 fully saturated rings. The Bertz CT molecular complexity index is 350. The Hall–Kier alpha value is -1.72. The van der Waals surface area contributed by atoms with Gasteiger partial charge in [-0.1, -0.05) is 20.8 Å². The summed E-state index contributed by atoms with van der Waals surface area (Å²) in [6, 6.07) is 0. The summed E-state index contributed by atoms with van der Waals surface area (Å²) in [5, 5.41) is 18.1. The first-order valence-corrected chi connectivity index (χ1v) is 5.85. The number of Topliss-reactive ketones (excluding diaryl/α,β-unsaturated/α-hetero) is 1. The SMILES string of the molecule is CC(C)CC(=O)C(=O)NCC(C)CC(=N)C(=O)O. The lowest BCUT2D eigenvalue weighted by atomic mass is 10.0. The van der Waals surface area contributed by atoms with Gasteiger partial charge in [0.05, 0.1) is 0 Å². The molecule has 6 heteroatoms. The maximum absolute atomic E-state index is 11.4. The van der Waals surface area contributed by atoms with Gasteiger partial charge in [-0.3, -0.25) is 15.0 Å². The van der Waals surface area contributed by atoms with Gasteiger partial charge in [0.2, 0.25) is 5.78 Å². The van der Waals surface area contributed by atoms with Crippen LogP contribution in [0.2, 0.25) is 0 Å². The lowest BCUT2D eigenvalue weighted by Crippen LogP contribution is -2.35. The Balaban J connectivity index is 4.02. The Labute approximate surface area is 106 Å². The highest BCUT2D eigenvalue weighted by Crippen LogP contribution is 2.03. The molecular formula is C12H20N2O4. The number of carboxylic acid groups (broad SMARTS) is 1. The standard InChI is InChI=1S/C12H20N2O4/c1-7(2)4-10(15)11(16)14-6-8(3)5-9(13)12(17)18/h7-8,13H,4-6H2,1-3H3,(H,14,16)(H,17,18). The fraction of sp³-hybridized carbons (Fsp3) is 0.667. The molecule has 102 valence electrons. The minimum Gasteiger partial charge on any atom is -0.477 e. The number of nitrogens with one attached hydrogen (secondary N) is 2. The first-order valence-electron chi connectivity index (χ1n) is 5.85. The number of carbonyl (C=O) groups excluding carboxylic acids is 2. The molecule has 1 unspecified atom stereocenters. The fourth-order valence-corrected chi connectivity index (χ4v) is 1.34. The van der Waals surface area contributed by atoms with E-state index in [-0.39, 0.29) is 31.2 Å². The van der Waals surface area contributed by atoms with Gasteiger partial charge < -0.3 is 10.4 Å². The Morgan fingerprint density at radius 2 is 1.72 bits per heavy atom. The van der Waals surface area contributed by atoms with Crippen LogP contribution in [0.25, 0.3) is 0 Å². The topological polar surface area (TPSA) is 107 Å². The van der Waals surface area contributed by atoms with Crippen LogP contribution in [0.15, 0.2) is 0 Å². The molecule has 3 N–H and O–H groups in total. The number of hydrogen-bond donors (Lipinski definition) is 3. The second kappa shape index (κ2) is 7.58. The fourth-order valence-electron chi connectivity index (χ4n) is 1.34. The summed E-state index contributed by atoms with van der Waals surface area (Å²) in [5.74, 6) is -2.43. The van der Waals surface area contributed by atoms with Crippen molar-refractivity contribution in [3.63, 3.8) is 0 Å². The molecule has 0 aromatic carbocycles. The molecule has 0 spiro atoms. The predicted octanol–water partition coefficient (Wildman–Crippen LogP) is 0.848. The molecule has 0 saturated carbocycles. The van der Waals surface area contributed by atoms with E-state index in [2.05, 4.69) is 5.32 Å². The highest BCUT2D eigenvalue weighted by Gasteiger charge is 2.17. The van der Waals surface area contributed by atoms with Crippen LogP contribution >= 0.6 is 0 Å². The van der Waals surface area contributed by atoms with Gasteiger partial charge in [0.15, 0.2) is 0 Å². The van der Waals surface area contributed by atoms with Crippen molar-refractivity contribution >= 4 is 23.4 Å². The van der Waals surface area contributed by atoms with Crippen molar-refractivity contribution < 1.29 is 19.5 Å². The van der Waals surface area contributed by atoms with Crippen molar-refractivity contribution in [2.24, 2.45) is 11.8 Å². The third-order valence-electron chi connectivity index (χ3n) is 2.27. The van der Waals surface area contributed by atoms with Gasteiger partial charge in [-0.25, -0.2) is 4.79 Å². The molecule has 0 aliphatic heterocycles. The van der Waals surface area contributed by atoms with Crippen LogP contribution in [0.1, 0.15) is 33.6 Å². The average Bonchev–Trinajstić information content (AvgIpc) is 2.24. The van der Waals surface area contributed by atoms with E-state index >= 15 is 0 Å². The summed E-state index contributed by atoms with van der Waals surface area (Å²) in [5.41, 5.74) is -0.398. The van der Waals surface area contributed by atoms with E-state index in [4.69, 9.17) is 10.5 Å².